The number of aliphatic hydroxyl groups excluding tert-OH is 1. The average molecular weight is 799 g/mol. The number of rotatable bonds is 11. The largest absolute Gasteiger partial charge is 0.466 e. The first-order valence-corrected chi connectivity index (χ1v) is 21.9. The minimum Gasteiger partial charge on any atom is -0.466 e. The van der Waals surface area contributed by atoms with Crippen molar-refractivity contribution in [2.45, 2.75) is 199 Å². The molecule has 5 aliphatic heterocycles. The van der Waals surface area contributed by atoms with Gasteiger partial charge in [-0.25, -0.2) is 4.79 Å². The number of ether oxygens (including phenoxy) is 7. The molecule has 0 radical (unpaired) electrons. The molecule has 0 unspecified atom stereocenters. The third-order valence-electron chi connectivity index (χ3n) is 14.6. The fourth-order valence-electron chi connectivity index (χ4n) is 10.9. The molecule has 1 aromatic carbocycles. The van der Waals surface area contributed by atoms with E-state index in [-0.39, 0.29) is 77.6 Å². The zero-order valence-electron chi connectivity index (χ0n) is 37.0. The molecule has 0 aliphatic carbocycles. The predicted octanol–water partition coefficient (Wildman–Crippen LogP) is 8.18. The van der Waals surface area contributed by atoms with E-state index in [4.69, 9.17) is 33.2 Å². The molecule has 0 bridgehead atoms. The Balaban J connectivity index is 1.19. The van der Waals surface area contributed by atoms with Gasteiger partial charge in [-0.2, -0.15) is 0 Å². The normalized spacial score (nSPS) is 43.4. The van der Waals surface area contributed by atoms with Crippen molar-refractivity contribution in [3.8, 4) is 0 Å². The average Bonchev–Trinajstić information content (AvgIpc) is 3.89. The zero-order valence-corrected chi connectivity index (χ0v) is 37.0. The highest BCUT2D eigenvalue weighted by molar-refractivity contribution is 5.87. The second-order valence-electron chi connectivity index (χ2n) is 20.0. The molecule has 6 rings (SSSR count). The van der Waals surface area contributed by atoms with E-state index in [1.807, 2.05) is 13.0 Å². The van der Waals surface area contributed by atoms with Crippen LogP contribution in [0.25, 0.3) is 0 Å². The number of carbonyl (C=O) groups is 1. The topological polar surface area (TPSA) is 122 Å². The van der Waals surface area contributed by atoms with E-state index in [2.05, 4.69) is 86.6 Å². The summed E-state index contributed by atoms with van der Waals surface area (Å²) in [4.78, 5) is 12.4. The predicted molar refractivity (Wildman–Crippen MR) is 218 cm³/mol. The van der Waals surface area contributed by atoms with Gasteiger partial charge in [-0.3, -0.25) is 0 Å². The number of aliphatic hydroxyl groups is 2. The van der Waals surface area contributed by atoms with Gasteiger partial charge in [-0.1, -0.05) is 92.7 Å². The SMILES string of the molecule is CC[C@@]1([C@@H]2O[C@@H]([C@H]3O[C@@](O)(CO)[C@H](C)C[C@@H]3C)C[C@@H]2C)CC[C@H]([C@]2(C)CC[C@]3(C[C@H](OCc4ccc(C(C)(C)C)cc4)[C@@H](C)[C@@H]([C@@H](C)/C=C(\C)C(=O)OC)O3)O2)O1. The maximum Gasteiger partial charge on any atom is 0.333 e. The maximum atomic E-state index is 12.4. The monoisotopic (exact) mass is 799 g/mol. The third kappa shape index (κ3) is 8.95. The second-order valence-corrected chi connectivity index (χ2v) is 20.0. The standard InChI is InChI=1S/C47H74O10/c1-13-45(41-30(4)24-36(53-41)40-29(3)23-32(6)47(50,27-48)56-40)19-18-38(54-45)44(11)20-21-46(57-44)25-37(52-26-34-14-16-35(17-15-34)43(8,9)10)33(7)39(55-46)28(2)22-31(5)42(49)51-12/h14-17,22,28-30,32-33,36-41,48,50H,13,18-21,23-27H2,1-12H3/b31-22+/t28-,29-,30-,32+,33+,36+,37-,38+,39+,40-,41+,44-,45-,46+,47-/m0/s1. The molecule has 10 nitrogen and oxygen atoms in total. The van der Waals surface area contributed by atoms with Crippen LogP contribution in [-0.4, -0.2) is 89.3 Å². The van der Waals surface area contributed by atoms with Gasteiger partial charge < -0.3 is 43.4 Å². The molecule has 0 saturated carbocycles. The Labute approximate surface area is 342 Å². The molecule has 0 amide bonds. The Morgan fingerprint density at radius 2 is 1.72 bits per heavy atom. The van der Waals surface area contributed by atoms with Crippen LogP contribution in [0.15, 0.2) is 35.9 Å². The van der Waals surface area contributed by atoms with Gasteiger partial charge in [-0.05, 0) is 80.8 Å². The summed E-state index contributed by atoms with van der Waals surface area (Å²) in [6.45, 7) is 23.5. The van der Waals surface area contributed by atoms with Crippen molar-refractivity contribution in [3.05, 3.63) is 47.0 Å². The lowest BCUT2D eigenvalue weighted by atomic mass is 9.80. The highest BCUT2D eigenvalue weighted by Crippen LogP contribution is 2.55. The summed E-state index contributed by atoms with van der Waals surface area (Å²) in [5, 5.41) is 21.1. The second kappa shape index (κ2) is 16.9. The number of methoxy groups -OCH3 is 1. The highest BCUT2D eigenvalue weighted by Gasteiger charge is 2.62. The van der Waals surface area contributed by atoms with Crippen LogP contribution in [0.4, 0.5) is 0 Å². The van der Waals surface area contributed by atoms with Crippen LogP contribution in [0.1, 0.15) is 139 Å². The Kier molecular flexibility index (Phi) is 13.2. The van der Waals surface area contributed by atoms with E-state index in [0.717, 1.165) is 44.1 Å². The lowest BCUT2D eigenvalue weighted by Crippen LogP contribution is -2.56. The van der Waals surface area contributed by atoms with E-state index in [9.17, 15) is 15.0 Å². The third-order valence-corrected chi connectivity index (χ3v) is 14.6. The molecule has 5 saturated heterocycles. The molecule has 5 heterocycles. The molecule has 5 fully saturated rings. The Morgan fingerprint density at radius 3 is 2.35 bits per heavy atom. The van der Waals surface area contributed by atoms with Gasteiger partial charge in [0.1, 0.15) is 0 Å². The van der Waals surface area contributed by atoms with Crippen LogP contribution >= 0.6 is 0 Å². The fraction of sp³-hybridized carbons (Fsp3) is 0.809. The van der Waals surface area contributed by atoms with E-state index in [1.54, 1.807) is 6.92 Å². The van der Waals surface area contributed by atoms with E-state index in [0.29, 0.717) is 25.0 Å². The van der Waals surface area contributed by atoms with Crippen LogP contribution in [0.5, 0.6) is 0 Å². The smallest absolute Gasteiger partial charge is 0.333 e. The molecular formula is C47H74O10. The summed E-state index contributed by atoms with van der Waals surface area (Å²) >= 11 is 0. The molecule has 57 heavy (non-hydrogen) atoms. The van der Waals surface area contributed by atoms with Crippen LogP contribution in [0.3, 0.4) is 0 Å². The van der Waals surface area contributed by atoms with E-state index in [1.165, 1.54) is 12.7 Å². The molecule has 5 aliphatic rings. The van der Waals surface area contributed by atoms with Gasteiger partial charge in [0.25, 0.3) is 0 Å². The number of carbonyl (C=O) groups excluding carboxylic acids is 1. The molecule has 10 heteroatoms. The molecule has 15 atom stereocenters. The molecular weight excluding hydrogens is 725 g/mol. The Hall–Kier alpha value is -1.89. The van der Waals surface area contributed by atoms with Crippen molar-refractivity contribution >= 4 is 5.97 Å². The number of benzene rings is 1. The van der Waals surface area contributed by atoms with E-state index < -0.39 is 29.4 Å². The lowest BCUT2D eigenvalue weighted by Gasteiger charge is -2.48. The molecule has 0 aromatic heterocycles. The highest BCUT2D eigenvalue weighted by atomic mass is 16.7. The van der Waals surface area contributed by atoms with Gasteiger partial charge in [0.05, 0.1) is 68.1 Å². The van der Waals surface area contributed by atoms with Crippen molar-refractivity contribution in [2.75, 3.05) is 13.7 Å². The van der Waals surface area contributed by atoms with Crippen LogP contribution in [0.2, 0.25) is 0 Å². The maximum absolute atomic E-state index is 12.4. The minimum absolute atomic E-state index is 0.0356. The first-order chi connectivity index (χ1) is 26.7. The zero-order chi connectivity index (χ0) is 41.7. The van der Waals surface area contributed by atoms with Gasteiger partial charge in [-0.15, -0.1) is 0 Å². The fourth-order valence-corrected chi connectivity index (χ4v) is 10.9. The number of esters is 1. The molecule has 322 valence electrons. The summed E-state index contributed by atoms with van der Waals surface area (Å²) in [6, 6.07) is 8.72. The van der Waals surface area contributed by atoms with Crippen molar-refractivity contribution in [2.24, 2.45) is 29.6 Å². The summed E-state index contributed by atoms with van der Waals surface area (Å²) in [7, 11) is 1.41. The summed E-state index contributed by atoms with van der Waals surface area (Å²) in [6.07, 6.45) is 6.93. The van der Waals surface area contributed by atoms with Gasteiger partial charge in [0.2, 0.25) is 0 Å². The number of hydrogen-bond donors (Lipinski definition) is 2. The molecule has 1 aromatic rings. The Morgan fingerprint density at radius 1 is 1.02 bits per heavy atom. The van der Waals surface area contributed by atoms with Crippen molar-refractivity contribution < 1.29 is 48.2 Å². The Bertz CT molecular complexity index is 1570. The minimum atomic E-state index is -1.56. The molecule has 2 N–H and O–H groups in total. The van der Waals surface area contributed by atoms with Crippen molar-refractivity contribution in [3.63, 3.8) is 0 Å². The van der Waals surface area contributed by atoms with Crippen LogP contribution in [0, 0.1) is 29.6 Å². The van der Waals surface area contributed by atoms with Crippen LogP contribution < -0.4 is 0 Å². The summed E-state index contributed by atoms with van der Waals surface area (Å²) < 4.78 is 46.6. The van der Waals surface area contributed by atoms with Gasteiger partial charge in [0, 0.05) is 36.2 Å². The quantitative estimate of drug-likeness (QED) is 0.168. The summed E-state index contributed by atoms with van der Waals surface area (Å²) in [5.41, 5.74) is 1.97. The van der Waals surface area contributed by atoms with Crippen LogP contribution in [-0.2, 0) is 50.0 Å². The van der Waals surface area contributed by atoms with Crippen molar-refractivity contribution in [1.82, 2.24) is 0 Å². The molecule has 1 spiro atoms. The number of hydrogen-bond acceptors (Lipinski definition) is 10. The van der Waals surface area contributed by atoms with E-state index >= 15 is 0 Å². The first-order valence-electron chi connectivity index (χ1n) is 21.9. The van der Waals surface area contributed by atoms with Gasteiger partial charge in [0.15, 0.2) is 11.6 Å². The summed E-state index contributed by atoms with van der Waals surface area (Å²) in [5.74, 6) is -2.58. The van der Waals surface area contributed by atoms with Crippen molar-refractivity contribution in [1.29, 1.82) is 0 Å². The van der Waals surface area contributed by atoms with Gasteiger partial charge >= 0.3 is 5.97 Å². The first kappa shape index (κ1) is 44.7. The lowest BCUT2D eigenvalue weighted by molar-refractivity contribution is -0.335.